The summed E-state index contributed by atoms with van der Waals surface area (Å²) in [6.07, 6.45) is 13.2. The normalized spacial score (nSPS) is 42.9. The number of carbonyl (C=O) groups is 2. The van der Waals surface area contributed by atoms with Crippen molar-refractivity contribution in [2.75, 3.05) is 0 Å². The molecule has 0 aromatic carbocycles. The van der Waals surface area contributed by atoms with Crippen molar-refractivity contribution < 1.29 is 9.59 Å². The summed E-state index contributed by atoms with van der Waals surface area (Å²) in [5.74, 6) is 4.28. The minimum atomic E-state index is 0.0920. The van der Waals surface area contributed by atoms with E-state index in [1.807, 2.05) is 6.08 Å². The lowest BCUT2D eigenvalue weighted by molar-refractivity contribution is -0.135. The first-order chi connectivity index (χ1) is 13.7. The summed E-state index contributed by atoms with van der Waals surface area (Å²) < 4.78 is 0. The van der Waals surface area contributed by atoms with Gasteiger partial charge in [0.25, 0.3) is 0 Å². The summed E-state index contributed by atoms with van der Waals surface area (Å²) in [6.45, 7) is 12.0. The van der Waals surface area contributed by atoms with Gasteiger partial charge in [0.1, 0.15) is 5.78 Å². The number of hydrogen-bond donors (Lipinski definition) is 0. The van der Waals surface area contributed by atoms with Gasteiger partial charge in [0.05, 0.1) is 0 Å². The van der Waals surface area contributed by atoms with Crippen LogP contribution in [-0.4, -0.2) is 11.6 Å². The molecule has 3 fully saturated rings. The number of Topliss-reactive ketones (excluding diaryl/α,β-unsaturated/α-hetero) is 1. The average Bonchev–Trinajstić information content (AvgIpc) is 3.00. The van der Waals surface area contributed by atoms with E-state index < -0.39 is 0 Å². The van der Waals surface area contributed by atoms with Gasteiger partial charge in [-0.05, 0) is 78.6 Å². The minimum Gasteiger partial charge on any atom is -0.299 e. The molecule has 0 saturated heterocycles. The fourth-order valence-electron chi connectivity index (χ4n) is 8.25. The van der Waals surface area contributed by atoms with Crippen LogP contribution in [0.15, 0.2) is 11.6 Å². The highest BCUT2D eigenvalue weighted by molar-refractivity contribution is 5.96. The molecule has 0 bridgehead atoms. The van der Waals surface area contributed by atoms with Gasteiger partial charge in [-0.3, -0.25) is 9.59 Å². The van der Waals surface area contributed by atoms with Gasteiger partial charge < -0.3 is 0 Å². The molecule has 0 aromatic rings. The molecule has 0 amide bonds. The van der Waals surface area contributed by atoms with Crippen molar-refractivity contribution in [3.63, 3.8) is 0 Å². The predicted octanol–water partition coefficient (Wildman–Crippen LogP) is 6.78. The summed E-state index contributed by atoms with van der Waals surface area (Å²) in [7, 11) is 0. The Kier molecular flexibility index (Phi) is 5.62. The Balaban J connectivity index is 1.55. The molecule has 2 heteroatoms. The zero-order valence-corrected chi connectivity index (χ0v) is 19.4. The Labute approximate surface area is 178 Å². The van der Waals surface area contributed by atoms with Crippen molar-refractivity contribution >= 4 is 11.6 Å². The van der Waals surface area contributed by atoms with Gasteiger partial charge in [0.2, 0.25) is 0 Å². The predicted molar refractivity (Wildman–Crippen MR) is 118 cm³/mol. The number of ketones is 2. The molecule has 4 aliphatic carbocycles. The Bertz CT molecular complexity index is 703. The molecule has 4 aliphatic rings. The molecule has 0 N–H and O–H groups in total. The first kappa shape index (κ1) is 21.3. The standard InChI is InChI=1S/C27H42O2/c1-17(2)7-6-8-18(3)21-9-10-22-25-23(12-14-27(21,22)5)26(4)13-11-20(28)15-19(26)16-24(25)29/h16-18,21-23,25H,6-15H2,1-5H3/t18-,21-,22+,23+,25+,26+,27-/m1/s1. The van der Waals surface area contributed by atoms with E-state index in [9.17, 15) is 9.59 Å². The van der Waals surface area contributed by atoms with Gasteiger partial charge in [0.15, 0.2) is 5.78 Å². The number of rotatable bonds is 5. The number of allylic oxidation sites excluding steroid dienone is 2. The molecule has 2 nitrogen and oxygen atoms in total. The Morgan fingerprint density at radius 2 is 1.76 bits per heavy atom. The highest BCUT2D eigenvalue weighted by Gasteiger charge is 2.61. The van der Waals surface area contributed by atoms with Gasteiger partial charge in [-0.15, -0.1) is 0 Å². The van der Waals surface area contributed by atoms with Crippen LogP contribution in [0.4, 0.5) is 0 Å². The fraction of sp³-hybridized carbons (Fsp3) is 0.852. The van der Waals surface area contributed by atoms with Gasteiger partial charge in [-0.2, -0.15) is 0 Å². The quantitative estimate of drug-likeness (QED) is 0.512. The monoisotopic (exact) mass is 398 g/mol. The van der Waals surface area contributed by atoms with Crippen LogP contribution in [0.25, 0.3) is 0 Å². The van der Waals surface area contributed by atoms with Crippen molar-refractivity contribution in [3.8, 4) is 0 Å². The highest BCUT2D eigenvalue weighted by atomic mass is 16.1. The molecule has 162 valence electrons. The number of hydrogen-bond acceptors (Lipinski definition) is 2. The SMILES string of the molecule is CC(C)CCC[C@@H](C)[C@H]1CC[C@H]2[C@@H]3C(=O)C=C4CC(=O)CC[C@]4(C)[C@H]3CC[C@]12C. The summed E-state index contributed by atoms with van der Waals surface area (Å²) in [4.78, 5) is 25.4. The van der Waals surface area contributed by atoms with E-state index in [4.69, 9.17) is 0 Å². The van der Waals surface area contributed by atoms with Gasteiger partial charge >= 0.3 is 0 Å². The summed E-state index contributed by atoms with van der Waals surface area (Å²) in [6, 6.07) is 0. The van der Waals surface area contributed by atoms with Gasteiger partial charge in [-0.1, -0.05) is 59.5 Å². The van der Waals surface area contributed by atoms with E-state index in [1.165, 1.54) is 50.5 Å². The lowest BCUT2D eigenvalue weighted by Crippen LogP contribution is -2.53. The number of carbonyl (C=O) groups excluding carboxylic acids is 2. The second-order valence-electron chi connectivity index (χ2n) is 12.0. The van der Waals surface area contributed by atoms with Crippen molar-refractivity contribution in [2.24, 2.45) is 46.3 Å². The maximum absolute atomic E-state index is 13.4. The van der Waals surface area contributed by atoms with Crippen LogP contribution in [0.1, 0.15) is 98.8 Å². The summed E-state index contributed by atoms with van der Waals surface area (Å²) >= 11 is 0. The highest BCUT2D eigenvalue weighted by Crippen LogP contribution is 2.66. The van der Waals surface area contributed by atoms with Crippen molar-refractivity contribution in [3.05, 3.63) is 11.6 Å². The maximum atomic E-state index is 13.4. The molecule has 0 unspecified atom stereocenters. The fourth-order valence-corrected chi connectivity index (χ4v) is 8.25. The Hall–Kier alpha value is -0.920. The zero-order chi connectivity index (χ0) is 21.0. The van der Waals surface area contributed by atoms with E-state index in [0.29, 0.717) is 41.7 Å². The third-order valence-corrected chi connectivity index (χ3v) is 9.98. The Morgan fingerprint density at radius 1 is 1.00 bits per heavy atom. The minimum absolute atomic E-state index is 0.0920. The van der Waals surface area contributed by atoms with E-state index in [2.05, 4.69) is 34.6 Å². The van der Waals surface area contributed by atoms with Crippen LogP contribution in [-0.2, 0) is 9.59 Å². The van der Waals surface area contributed by atoms with Gasteiger partial charge in [0, 0.05) is 18.8 Å². The molecule has 29 heavy (non-hydrogen) atoms. The van der Waals surface area contributed by atoms with Crippen LogP contribution < -0.4 is 0 Å². The number of fused-ring (bicyclic) bond motifs is 5. The second-order valence-corrected chi connectivity index (χ2v) is 12.0. The first-order valence-electron chi connectivity index (χ1n) is 12.4. The van der Waals surface area contributed by atoms with Crippen LogP contribution >= 0.6 is 0 Å². The largest absolute Gasteiger partial charge is 0.299 e. The first-order valence-corrected chi connectivity index (χ1v) is 12.4. The molecule has 0 spiro atoms. The lowest BCUT2D eigenvalue weighted by atomic mass is 9.46. The molecule has 0 aromatic heterocycles. The third-order valence-electron chi connectivity index (χ3n) is 9.98. The van der Waals surface area contributed by atoms with Crippen LogP contribution in [0, 0.1) is 46.3 Å². The Morgan fingerprint density at radius 3 is 2.48 bits per heavy atom. The molecule has 0 aliphatic heterocycles. The average molecular weight is 399 g/mol. The molecule has 7 atom stereocenters. The van der Waals surface area contributed by atoms with Crippen molar-refractivity contribution in [1.82, 2.24) is 0 Å². The maximum Gasteiger partial charge on any atom is 0.159 e. The molecular weight excluding hydrogens is 356 g/mol. The van der Waals surface area contributed by atoms with Crippen LogP contribution in [0.2, 0.25) is 0 Å². The second kappa shape index (κ2) is 7.65. The van der Waals surface area contributed by atoms with Crippen molar-refractivity contribution in [2.45, 2.75) is 98.8 Å². The summed E-state index contributed by atoms with van der Waals surface area (Å²) in [5, 5.41) is 0. The zero-order valence-electron chi connectivity index (χ0n) is 19.4. The van der Waals surface area contributed by atoms with E-state index in [-0.39, 0.29) is 11.3 Å². The molecule has 0 radical (unpaired) electrons. The van der Waals surface area contributed by atoms with E-state index in [1.54, 1.807) is 0 Å². The topological polar surface area (TPSA) is 34.1 Å². The smallest absolute Gasteiger partial charge is 0.159 e. The van der Waals surface area contributed by atoms with E-state index in [0.717, 1.165) is 24.2 Å². The summed E-state index contributed by atoms with van der Waals surface area (Å²) in [5.41, 5.74) is 1.59. The van der Waals surface area contributed by atoms with Crippen LogP contribution in [0.3, 0.4) is 0 Å². The molecule has 0 heterocycles. The molecule has 3 saturated carbocycles. The van der Waals surface area contributed by atoms with Gasteiger partial charge in [-0.25, -0.2) is 0 Å². The molecule has 4 rings (SSSR count). The molecular formula is C27H42O2. The van der Waals surface area contributed by atoms with Crippen LogP contribution in [0.5, 0.6) is 0 Å². The van der Waals surface area contributed by atoms with E-state index >= 15 is 0 Å². The lowest BCUT2D eigenvalue weighted by Gasteiger charge is -2.57. The van der Waals surface area contributed by atoms with Crippen molar-refractivity contribution in [1.29, 1.82) is 0 Å². The third kappa shape index (κ3) is 3.47.